The van der Waals surface area contributed by atoms with Crippen LogP contribution in [0.2, 0.25) is 0 Å². The van der Waals surface area contributed by atoms with Crippen molar-refractivity contribution in [3.63, 3.8) is 0 Å². The van der Waals surface area contributed by atoms with Crippen LogP contribution in [-0.2, 0) is 0 Å². The Hall–Kier alpha value is -1.26. The van der Waals surface area contributed by atoms with Gasteiger partial charge in [0.2, 0.25) is 0 Å². The number of nitrogens with two attached hydrogens (primary N) is 1. The average molecular weight is 233 g/mol. The molecule has 0 bridgehead atoms. The van der Waals surface area contributed by atoms with Crippen molar-refractivity contribution in [3.8, 4) is 10.6 Å². The third-order valence-electron chi connectivity index (χ3n) is 2.64. The van der Waals surface area contributed by atoms with Crippen LogP contribution in [0, 0.1) is 0 Å². The summed E-state index contributed by atoms with van der Waals surface area (Å²) in [7, 11) is 0. The average Bonchev–Trinajstić information content (AvgIpc) is 2.81. The Morgan fingerprint density at radius 2 is 2.12 bits per heavy atom. The minimum atomic E-state index is 0.381. The van der Waals surface area contributed by atoms with E-state index < -0.39 is 0 Å². The molecule has 2 N–H and O–H groups in total. The summed E-state index contributed by atoms with van der Waals surface area (Å²) >= 11 is 1.67. The Kier molecular flexibility index (Phi) is 3.64. The van der Waals surface area contributed by atoms with E-state index >= 15 is 0 Å². The lowest BCUT2D eigenvalue weighted by molar-refractivity contribution is 0.659. The molecule has 0 aliphatic rings. The van der Waals surface area contributed by atoms with Crippen molar-refractivity contribution in [1.29, 1.82) is 0 Å². The molecule has 2 heterocycles. The second-order valence-corrected chi connectivity index (χ2v) is 4.51. The van der Waals surface area contributed by atoms with Gasteiger partial charge in [-0.05, 0) is 18.6 Å². The number of rotatable bonds is 4. The first kappa shape index (κ1) is 11.2. The molecule has 1 unspecified atom stereocenters. The summed E-state index contributed by atoms with van der Waals surface area (Å²) in [6.45, 7) is 2.80. The smallest absolute Gasteiger partial charge is 0.123 e. The first-order valence-corrected chi connectivity index (χ1v) is 6.29. The fraction of sp³-hybridized carbons (Fsp3) is 0.333. The summed E-state index contributed by atoms with van der Waals surface area (Å²) in [6, 6.07) is 3.96. The van der Waals surface area contributed by atoms with Crippen LogP contribution < -0.4 is 5.73 Å². The van der Waals surface area contributed by atoms with Crippen LogP contribution in [0.4, 0.5) is 0 Å². The second-order valence-electron chi connectivity index (χ2n) is 3.65. The van der Waals surface area contributed by atoms with Crippen LogP contribution in [0.5, 0.6) is 0 Å². The highest BCUT2D eigenvalue weighted by Gasteiger charge is 2.12. The SMILES string of the molecule is CCC(CN)c1csc(-c2ccncc2)n1. The van der Waals surface area contributed by atoms with Gasteiger partial charge >= 0.3 is 0 Å². The van der Waals surface area contributed by atoms with Gasteiger partial charge in [-0.2, -0.15) is 0 Å². The molecule has 3 nitrogen and oxygen atoms in total. The molecule has 2 aromatic heterocycles. The minimum Gasteiger partial charge on any atom is -0.330 e. The van der Waals surface area contributed by atoms with Crippen molar-refractivity contribution in [2.24, 2.45) is 5.73 Å². The normalized spacial score (nSPS) is 12.6. The molecular weight excluding hydrogens is 218 g/mol. The van der Waals surface area contributed by atoms with Crippen molar-refractivity contribution in [2.45, 2.75) is 19.3 Å². The van der Waals surface area contributed by atoms with Gasteiger partial charge in [-0.1, -0.05) is 6.92 Å². The standard InChI is InChI=1S/C12H15N3S/c1-2-9(7-13)11-8-16-12(15-11)10-3-5-14-6-4-10/h3-6,8-9H,2,7,13H2,1H3. The monoisotopic (exact) mass is 233 g/mol. The molecule has 0 aliphatic heterocycles. The largest absolute Gasteiger partial charge is 0.330 e. The fourth-order valence-electron chi connectivity index (χ4n) is 1.60. The van der Waals surface area contributed by atoms with Gasteiger partial charge in [0.1, 0.15) is 5.01 Å². The van der Waals surface area contributed by atoms with Crippen LogP contribution in [0.15, 0.2) is 29.9 Å². The maximum absolute atomic E-state index is 5.72. The van der Waals surface area contributed by atoms with Gasteiger partial charge in [-0.25, -0.2) is 4.98 Å². The summed E-state index contributed by atoms with van der Waals surface area (Å²) in [5, 5.41) is 3.15. The van der Waals surface area contributed by atoms with Crippen LogP contribution in [0.1, 0.15) is 25.0 Å². The van der Waals surface area contributed by atoms with Gasteiger partial charge in [0.05, 0.1) is 5.69 Å². The lowest BCUT2D eigenvalue weighted by atomic mass is 10.0. The third kappa shape index (κ3) is 2.28. The van der Waals surface area contributed by atoms with E-state index in [1.807, 2.05) is 12.1 Å². The van der Waals surface area contributed by atoms with Crippen molar-refractivity contribution in [1.82, 2.24) is 9.97 Å². The number of hydrogen-bond acceptors (Lipinski definition) is 4. The first-order chi connectivity index (χ1) is 7.85. The van der Waals surface area contributed by atoms with Crippen LogP contribution >= 0.6 is 11.3 Å². The lowest BCUT2D eigenvalue weighted by Crippen LogP contribution is -2.11. The fourth-order valence-corrected chi connectivity index (χ4v) is 2.51. The Balaban J connectivity index is 2.26. The zero-order valence-electron chi connectivity index (χ0n) is 9.26. The number of thiazole rings is 1. The Morgan fingerprint density at radius 1 is 1.38 bits per heavy atom. The molecule has 2 rings (SSSR count). The molecule has 0 radical (unpaired) electrons. The molecule has 0 aromatic carbocycles. The van der Waals surface area contributed by atoms with Gasteiger partial charge in [-0.15, -0.1) is 11.3 Å². The lowest BCUT2D eigenvalue weighted by Gasteiger charge is -2.07. The molecule has 84 valence electrons. The summed E-state index contributed by atoms with van der Waals surface area (Å²) in [6.07, 6.45) is 4.61. The predicted octanol–water partition coefficient (Wildman–Crippen LogP) is 2.66. The molecule has 0 saturated carbocycles. The number of pyridine rings is 1. The van der Waals surface area contributed by atoms with Crippen molar-refractivity contribution < 1.29 is 0 Å². The van der Waals surface area contributed by atoms with E-state index in [1.165, 1.54) is 0 Å². The first-order valence-electron chi connectivity index (χ1n) is 5.41. The Labute approximate surface area is 99.4 Å². The number of nitrogens with zero attached hydrogens (tertiary/aromatic N) is 2. The topological polar surface area (TPSA) is 51.8 Å². The van der Waals surface area contributed by atoms with Gasteiger partial charge in [0, 0.05) is 35.8 Å². The van der Waals surface area contributed by atoms with Crippen molar-refractivity contribution >= 4 is 11.3 Å². The Bertz CT molecular complexity index is 435. The minimum absolute atomic E-state index is 0.381. The highest BCUT2D eigenvalue weighted by Crippen LogP contribution is 2.27. The van der Waals surface area contributed by atoms with Crippen LogP contribution in [0.3, 0.4) is 0 Å². The molecule has 2 aromatic rings. The molecular formula is C12H15N3S. The highest BCUT2D eigenvalue weighted by molar-refractivity contribution is 7.13. The zero-order chi connectivity index (χ0) is 11.4. The van der Waals surface area contributed by atoms with E-state index in [2.05, 4.69) is 22.3 Å². The van der Waals surface area contributed by atoms with Crippen molar-refractivity contribution in [3.05, 3.63) is 35.6 Å². The molecule has 1 atom stereocenters. The molecule has 0 fully saturated rings. The van der Waals surface area contributed by atoms with Gasteiger partial charge in [0.15, 0.2) is 0 Å². The second kappa shape index (κ2) is 5.18. The van der Waals surface area contributed by atoms with Crippen molar-refractivity contribution in [2.75, 3.05) is 6.54 Å². The van der Waals surface area contributed by atoms with E-state index in [-0.39, 0.29) is 0 Å². The van der Waals surface area contributed by atoms with Crippen LogP contribution in [-0.4, -0.2) is 16.5 Å². The van der Waals surface area contributed by atoms with Gasteiger partial charge in [-0.3, -0.25) is 4.98 Å². The quantitative estimate of drug-likeness (QED) is 0.883. The van der Waals surface area contributed by atoms with E-state index in [0.717, 1.165) is 22.7 Å². The molecule has 16 heavy (non-hydrogen) atoms. The highest BCUT2D eigenvalue weighted by atomic mass is 32.1. The summed E-state index contributed by atoms with van der Waals surface area (Å²) in [5.74, 6) is 0.381. The number of hydrogen-bond donors (Lipinski definition) is 1. The summed E-state index contributed by atoms with van der Waals surface area (Å²) < 4.78 is 0. The van der Waals surface area contributed by atoms with Crippen LogP contribution in [0.25, 0.3) is 10.6 Å². The summed E-state index contributed by atoms with van der Waals surface area (Å²) in [5.41, 5.74) is 7.95. The maximum atomic E-state index is 5.72. The zero-order valence-corrected chi connectivity index (χ0v) is 10.1. The predicted molar refractivity (Wildman–Crippen MR) is 67.4 cm³/mol. The van der Waals surface area contributed by atoms with E-state index in [0.29, 0.717) is 12.5 Å². The Morgan fingerprint density at radius 3 is 2.75 bits per heavy atom. The molecule has 0 amide bonds. The van der Waals surface area contributed by atoms with Gasteiger partial charge < -0.3 is 5.73 Å². The maximum Gasteiger partial charge on any atom is 0.123 e. The summed E-state index contributed by atoms with van der Waals surface area (Å²) in [4.78, 5) is 8.64. The van der Waals surface area contributed by atoms with E-state index in [1.54, 1.807) is 23.7 Å². The van der Waals surface area contributed by atoms with Gasteiger partial charge in [0.25, 0.3) is 0 Å². The third-order valence-corrected chi connectivity index (χ3v) is 3.55. The molecule has 0 saturated heterocycles. The van der Waals surface area contributed by atoms with E-state index in [4.69, 9.17) is 5.73 Å². The number of aromatic nitrogens is 2. The van der Waals surface area contributed by atoms with E-state index in [9.17, 15) is 0 Å². The molecule has 0 spiro atoms. The molecule has 0 aliphatic carbocycles. The molecule has 4 heteroatoms.